The Bertz CT molecular complexity index is 991. The van der Waals surface area contributed by atoms with Crippen molar-refractivity contribution >= 4 is 17.3 Å². The molecule has 0 saturated heterocycles. The van der Waals surface area contributed by atoms with Gasteiger partial charge in [0.2, 0.25) is 6.10 Å². The molecule has 0 aliphatic carbocycles. The molecular weight excluding hydrogens is 372 g/mol. The summed E-state index contributed by atoms with van der Waals surface area (Å²) in [6.07, 6.45) is -1.09. The van der Waals surface area contributed by atoms with Crippen molar-refractivity contribution in [1.82, 2.24) is 0 Å². The van der Waals surface area contributed by atoms with Crippen LogP contribution in [-0.4, -0.2) is 17.4 Å². The van der Waals surface area contributed by atoms with E-state index in [-0.39, 0.29) is 11.4 Å². The van der Waals surface area contributed by atoms with Crippen LogP contribution in [0.15, 0.2) is 78.9 Å². The Morgan fingerprint density at radius 1 is 0.966 bits per heavy atom. The number of para-hydroxylation sites is 4. The molecule has 0 aliphatic heterocycles. The van der Waals surface area contributed by atoms with Gasteiger partial charge in [-0.25, -0.2) is 0 Å². The van der Waals surface area contributed by atoms with Crippen molar-refractivity contribution in [3.63, 3.8) is 0 Å². The number of nitrogens with zero attached hydrogens (tertiary/aromatic N) is 1. The van der Waals surface area contributed by atoms with E-state index in [0.29, 0.717) is 23.6 Å². The minimum Gasteiger partial charge on any atom is -0.492 e. The summed E-state index contributed by atoms with van der Waals surface area (Å²) in [6.45, 7) is 2.30. The second-order valence-electron chi connectivity index (χ2n) is 6.05. The van der Waals surface area contributed by atoms with Gasteiger partial charge in [0.15, 0.2) is 5.75 Å². The summed E-state index contributed by atoms with van der Waals surface area (Å²) >= 11 is 0. The molecule has 0 spiro atoms. The Morgan fingerprint density at radius 2 is 1.59 bits per heavy atom. The standard InChI is InChI=1S/C22H20N2O5/c1-2-28-19-14-8-6-12-17(19)23-22(25)21(16-10-4-3-5-11-16)29-20-15-9-7-13-18(20)24(26)27/h3-15,21H,2H2,1H3,(H,23,25)/t21-/m1/s1. The average molecular weight is 392 g/mol. The SMILES string of the molecule is CCOc1ccccc1NC(=O)[C@H](Oc1ccccc1[N+](=O)[O-])c1ccccc1. The van der Waals surface area contributed by atoms with E-state index in [1.165, 1.54) is 12.1 Å². The van der Waals surface area contributed by atoms with Gasteiger partial charge in [-0.15, -0.1) is 0 Å². The molecule has 1 N–H and O–H groups in total. The van der Waals surface area contributed by atoms with Crippen molar-refractivity contribution in [2.24, 2.45) is 0 Å². The van der Waals surface area contributed by atoms with Crippen LogP contribution in [0.5, 0.6) is 11.5 Å². The number of nitro groups is 1. The van der Waals surface area contributed by atoms with Crippen LogP contribution < -0.4 is 14.8 Å². The van der Waals surface area contributed by atoms with E-state index < -0.39 is 16.9 Å². The van der Waals surface area contributed by atoms with Gasteiger partial charge >= 0.3 is 5.69 Å². The number of carbonyl (C=O) groups is 1. The number of hydrogen-bond donors (Lipinski definition) is 1. The predicted molar refractivity (Wildman–Crippen MR) is 109 cm³/mol. The fraction of sp³-hybridized carbons (Fsp3) is 0.136. The predicted octanol–water partition coefficient (Wildman–Crippen LogP) is 4.75. The molecule has 0 fully saturated rings. The molecule has 0 saturated carbocycles. The van der Waals surface area contributed by atoms with Crippen molar-refractivity contribution in [2.45, 2.75) is 13.0 Å². The highest BCUT2D eigenvalue weighted by molar-refractivity contribution is 5.96. The van der Waals surface area contributed by atoms with Crippen molar-refractivity contribution in [1.29, 1.82) is 0 Å². The van der Waals surface area contributed by atoms with Crippen LogP contribution in [0.2, 0.25) is 0 Å². The zero-order valence-corrected chi connectivity index (χ0v) is 15.8. The Labute approximate surface area is 168 Å². The first kappa shape index (κ1) is 19.9. The molecule has 3 aromatic rings. The smallest absolute Gasteiger partial charge is 0.310 e. The van der Waals surface area contributed by atoms with Gasteiger partial charge in [0.1, 0.15) is 5.75 Å². The summed E-state index contributed by atoms with van der Waals surface area (Å²) in [5.41, 5.74) is 0.847. The molecule has 0 aliphatic rings. The quantitative estimate of drug-likeness (QED) is 0.441. The minimum absolute atomic E-state index is 0.0135. The summed E-state index contributed by atoms with van der Waals surface area (Å²) in [7, 11) is 0. The third-order valence-corrected chi connectivity index (χ3v) is 4.09. The highest BCUT2D eigenvalue weighted by Gasteiger charge is 2.27. The number of amides is 1. The molecule has 3 rings (SSSR count). The number of hydrogen-bond acceptors (Lipinski definition) is 5. The Hall–Kier alpha value is -3.87. The van der Waals surface area contributed by atoms with Gasteiger partial charge in [0.25, 0.3) is 5.91 Å². The first-order chi connectivity index (χ1) is 14.1. The highest BCUT2D eigenvalue weighted by Crippen LogP contribution is 2.32. The molecule has 0 radical (unpaired) electrons. The number of nitrogens with one attached hydrogen (secondary N) is 1. The summed E-state index contributed by atoms with van der Waals surface area (Å²) in [5.74, 6) is 0.0713. The largest absolute Gasteiger partial charge is 0.492 e. The highest BCUT2D eigenvalue weighted by atomic mass is 16.6. The first-order valence-corrected chi connectivity index (χ1v) is 9.08. The molecule has 148 valence electrons. The van der Waals surface area contributed by atoms with Crippen molar-refractivity contribution in [3.05, 3.63) is 94.5 Å². The normalized spacial score (nSPS) is 11.3. The van der Waals surface area contributed by atoms with E-state index in [9.17, 15) is 14.9 Å². The van der Waals surface area contributed by atoms with Crippen LogP contribution in [0.25, 0.3) is 0 Å². The number of anilines is 1. The van der Waals surface area contributed by atoms with Crippen molar-refractivity contribution in [2.75, 3.05) is 11.9 Å². The molecule has 0 heterocycles. The molecule has 0 bridgehead atoms. The van der Waals surface area contributed by atoms with Crippen molar-refractivity contribution < 1.29 is 19.2 Å². The van der Waals surface area contributed by atoms with Crippen LogP contribution in [0.3, 0.4) is 0 Å². The maximum absolute atomic E-state index is 13.1. The average Bonchev–Trinajstić information content (AvgIpc) is 2.74. The van der Waals surface area contributed by atoms with Crippen LogP contribution in [0.1, 0.15) is 18.6 Å². The molecule has 29 heavy (non-hydrogen) atoms. The third kappa shape index (κ3) is 4.90. The Morgan fingerprint density at radius 3 is 2.28 bits per heavy atom. The van der Waals surface area contributed by atoms with E-state index >= 15 is 0 Å². The number of ether oxygens (including phenoxy) is 2. The van der Waals surface area contributed by atoms with Crippen LogP contribution >= 0.6 is 0 Å². The lowest BCUT2D eigenvalue weighted by Gasteiger charge is -2.20. The lowest BCUT2D eigenvalue weighted by atomic mass is 10.1. The van der Waals surface area contributed by atoms with Crippen LogP contribution in [0, 0.1) is 10.1 Å². The number of rotatable bonds is 8. The monoisotopic (exact) mass is 392 g/mol. The van der Waals surface area contributed by atoms with E-state index in [0.717, 1.165) is 0 Å². The zero-order valence-electron chi connectivity index (χ0n) is 15.8. The molecule has 7 nitrogen and oxygen atoms in total. The van der Waals surface area contributed by atoms with Crippen LogP contribution in [-0.2, 0) is 4.79 Å². The molecule has 1 atom stereocenters. The maximum Gasteiger partial charge on any atom is 0.310 e. The van der Waals surface area contributed by atoms with Gasteiger partial charge in [-0.2, -0.15) is 0 Å². The van der Waals surface area contributed by atoms with E-state index in [2.05, 4.69) is 5.32 Å². The molecule has 1 amide bonds. The van der Waals surface area contributed by atoms with Gasteiger partial charge in [-0.1, -0.05) is 54.6 Å². The summed E-state index contributed by atoms with van der Waals surface area (Å²) < 4.78 is 11.4. The summed E-state index contributed by atoms with van der Waals surface area (Å²) in [5, 5.41) is 14.1. The van der Waals surface area contributed by atoms with E-state index in [4.69, 9.17) is 9.47 Å². The lowest BCUT2D eigenvalue weighted by Crippen LogP contribution is -2.26. The van der Waals surface area contributed by atoms with Gasteiger partial charge in [0.05, 0.1) is 17.2 Å². The molecule has 0 aromatic heterocycles. The number of benzene rings is 3. The molecule has 0 unspecified atom stereocenters. The fourth-order valence-electron chi connectivity index (χ4n) is 2.78. The van der Waals surface area contributed by atoms with Gasteiger partial charge in [-0.3, -0.25) is 14.9 Å². The molecular formula is C22H20N2O5. The topological polar surface area (TPSA) is 90.7 Å². The number of carbonyl (C=O) groups excluding carboxylic acids is 1. The van der Waals surface area contributed by atoms with Gasteiger partial charge in [0, 0.05) is 11.6 Å². The second kappa shape index (κ2) is 9.36. The lowest BCUT2D eigenvalue weighted by molar-refractivity contribution is -0.386. The third-order valence-electron chi connectivity index (χ3n) is 4.09. The Kier molecular flexibility index (Phi) is 6.42. The molecule has 3 aromatic carbocycles. The maximum atomic E-state index is 13.1. The Balaban J connectivity index is 1.93. The molecule has 7 heteroatoms. The zero-order chi connectivity index (χ0) is 20.6. The van der Waals surface area contributed by atoms with Crippen molar-refractivity contribution in [3.8, 4) is 11.5 Å². The minimum atomic E-state index is -1.09. The second-order valence-corrected chi connectivity index (χ2v) is 6.05. The van der Waals surface area contributed by atoms with Gasteiger partial charge in [-0.05, 0) is 25.1 Å². The fourth-order valence-corrected chi connectivity index (χ4v) is 2.78. The van der Waals surface area contributed by atoms with Gasteiger partial charge < -0.3 is 14.8 Å². The number of nitro benzene ring substituents is 1. The summed E-state index contributed by atoms with van der Waals surface area (Å²) in [4.78, 5) is 23.9. The first-order valence-electron chi connectivity index (χ1n) is 9.08. The summed E-state index contributed by atoms with van der Waals surface area (Å²) in [6, 6.07) is 21.8. The van der Waals surface area contributed by atoms with E-state index in [1.54, 1.807) is 60.7 Å². The van der Waals surface area contributed by atoms with Crippen LogP contribution in [0.4, 0.5) is 11.4 Å². The van der Waals surface area contributed by atoms with E-state index in [1.807, 2.05) is 13.0 Å².